The summed E-state index contributed by atoms with van der Waals surface area (Å²) >= 11 is 6.09. The van der Waals surface area contributed by atoms with E-state index in [1.807, 2.05) is 13.8 Å². The molecular formula is C19H17ClF3N3O2. The number of aromatic nitrogens is 3. The fourth-order valence-electron chi connectivity index (χ4n) is 2.10. The van der Waals surface area contributed by atoms with Crippen LogP contribution in [0.25, 0.3) is 11.5 Å². The van der Waals surface area contributed by atoms with Gasteiger partial charge in [-0.05, 0) is 30.3 Å². The lowest BCUT2D eigenvalue weighted by Crippen LogP contribution is -2.05. The lowest BCUT2D eigenvalue weighted by atomic mass is 10.2. The molecule has 0 unspecified atom stereocenters. The molecule has 1 aromatic carbocycles. The maximum atomic E-state index is 12.9. The Kier molecular flexibility index (Phi) is 7.17. The molecule has 0 aliphatic heterocycles. The second-order valence-electron chi connectivity index (χ2n) is 5.02. The first-order valence-corrected chi connectivity index (χ1v) is 8.64. The van der Waals surface area contributed by atoms with Crippen LogP contribution in [0.15, 0.2) is 48.7 Å². The Morgan fingerprint density at radius 3 is 2.36 bits per heavy atom. The fraction of sp³-hybridized carbons (Fsp3) is 0.211. The lowest BCUT2D eigenvalue weighted by Gasteiger charge is -2.13. The average Bonchev–Trinajstić information content (AvgIpc) is 2.69. The molecule has 0 aliphatic carbocycles. The second kappa shape index (κ2) is 9.36. The van der Waals surface area contributed by atoms with Gasteiger partial charge in [-0.3, -0.25) is 4.98 Å². The molecule has 5 nitrogen and oxygen atoms in total. The number of ether oxygens (including phenoxy) is 2. The van der Waals surface area contributed by atoms with Crippen molar-refractivity contribution < 1.29 is 22.6 Å². The molecule has 0 atom stereocenters. The molecular weight excluding hydrogens is 395 g/mol. The number of halogens is 4. The minimum absolute atomic E-state index is 0.00348. The average molecular weight is 412 g/mol. The van der Waals surface area contributed by atoms with Crippen molar-refractivity contribution in [3.05, 3.63) is 59.4 Å². The van der Waals surface area contributed by atoms with Crippen LogP contribution in [0.3, 0.4) is 0 Å². The van der Waals surface area contributed by atoms with E-state index in [-0.39, 0.29) is 28.4 Å². The van der Waals surface area contributed by atoms with Crippen LogP contribution < -0.4 is 9.47 Å². The predicted octanol–water partition coefficient (Wildman–Crippen LogP) is 6.04. The van der Waals surface area contributed by atoms with E-state index in [1.165, 1.54) is 19.2 Å². The summed E-state index contributed by atoms with van der Waals surface area (Å²) in [5.41, 5.74) is -0.426. The van der Waals surface area contributed by atoms with E-state index in [1.54, 1.807) is 24.4 Å². The zero-order valence-corrected chi connectivity index (χ0v) is 16.0. The number of nitrogens with zero attached hydrogens (tertiary/aromatic N) is 3. The number of rotatable bonds is 4. The molecule has 148 valence electrons. The first-order chi connectivity index (χ1) is 13.4. The summed E-state index contributed by atoms with van der Waals surface area (Å²) in [7, 11) is 1.32. The number of alkyl halides is 3. The van der Waals surface area contributed by atoms with Crippen molar-refractivity contribution >= 4 is 11.6 Å². The molecule has 0 bridgehead atoms. The topological polar surface area (TPSA) is 57.1 Å². The molecule has 0 amide bonds. The van der Waals surface area contributed by atoms with Crippen LogP contribution in [0.1, 0.15) is 19.4 Å². The van der Waals surface area contributed by atoms with Crippen LogP contribution in [0.2, 0.25) is 5.15 Å². The number of hydrogen-bond donors (Lipinski definition) is 0. The highest BCUT2D eigenvalue weighted by Gasteiger charge is 2.31. The van der Waals surface area contributed by atoms with E-state index in [0.29, 0.717) is 5.69 Å². The van der Waals surface area contributed by atoms with Crippen molar-refractivity contribution in [2.75, 3.05) is 7.11 Å². The van der Waals surface area contributed by atoms with Crippen LogP contribution >= 0.6 is 11.6 Å². The Labute approximate surface area is 165 Å². The maximum absolute atomic E-state index is 12.9. The first-order valence-electron chi connectivity index (χ1n) is 8.26. The highest BCUT2D eigenvalue weighted by atomic mass is 35.5. The van der Waals surface area contributed by atoms with E-state index >= 15 is 0 Å². The molecule has 3 aromatic rings. The molecule has 0 saturated carbocycles. The Balaban J connectivity index is 0.00000136. The molecule has 0 saturated heterocycles. The van der Waals surface area contributed by atoms with Gasteiger partial charge in [0.05, 0.1) is 12.7 Å². The minimum Gasteiger partial charge on any atom is -0.489 e. The Hall–Kier alpha value is -2.87. The maximum Gasteiger partial charge on any atom is 0.416 e. The summed E-state index contributed by atoms with van der Waals surface area (Å²) in [6.07, 6.45) is -2.95. The number of methoxy groups -OCH3 is 1. The molecule has 28 heavy (non-hydrogen) atoms. The molecule has 2 heterocycles. The molecule has 0 aliphatic rings. The van der Waals surface area contributed by atoms with Gasteiger partial charge >= 0.3 is 6.18 Å². The summed E-state index contributed by atoms with van der Waals surface area (Å²) in [6, 6.07) is 9.50. The van der Waals surface area contributed by atoms with Crippen molar-refractivity contribution in [1.29, 1.82) is 0 Å². The highest BCUT2D eigenvalue weighted by Crippen LogP contribution is 2.38. The molecule has 9 heteroatoms. The van der Waals surface area contributed by atoms with Gasteiger partial charge in [0.15, 0.2) is 11.0 Å². The normalized spacial score (nSPS) is 10.7. The van der Waals surface area contributed by atoms with Gasteiger partial charge in [-0.15, -0.1) is 0 Å². The van der Waals surface area contributed by atoms with Crippen molar-refractivity contribution in [2.45, 2.75) is 20.0 Å². The fourth-order valence-corrected chi connectivity index (χ4v) is 2.34. The monoisotopic (exact) mass is 411 g/mol. The van der Waals surface area contributed by atoms with E-state index in [0.717, 1.165) is 12.1 Å². The second-order valence-corrected chi connectivity index (χ2v) is 5.38. The summed E-state index contributed by atoms with van der Waals surface area (Å²) in [5.74, 6) is -0.0329. The molecule has 2 aromatic heterocycles. The number of pyridine rings is 1. The number of benzene rings is 1. The predicted molar refractivity (Wildman–Crippen MR) is 99.7 cm³/mol. The van der Waals surface area contributed by atoms with E-state index in [9.17, 15) is 13.2 Å². The zero-order chi connectivity index (χ0) is 20.7. The van der Waals surface area contributed by atoms with Crippen molar-refractivity contribution in [2.24, 2.45) is 0 Å². The van der Waals surface area contributed by atoms with Crippen molar-refractivity contribution in [3.63, 3.8) is 0 Å². The molecule has 0 fully saturated rings. The summed E-state index contributed by atoms with van der Waals surface area (Å²) in [6.45, 7) is 4.00. The van der Waals surface area contributed by atoms with Gasteiger partial charge in [-0.2, -0.15) is 18.2 Å². The zero-order valence-electron chi connectivity index (χ0n) is 15.3. The SMILES string of the molecule is CC.COc1c(Cl)nc(-c2ccccn2)nc1Oc1cccc(C(F)(F)F)c1. The summed E-state index contributed by atoms with van der Waals surface area (Å²) in [4.78, 5) is 12.4. The van der Waals surface area contributed by atoms with Gasteiger partial charge in [-0.25, -0.2) is 4.98 Å². The third-order valence-electron chi connectivity index (χ3n) is 3.27. The Bertz CT molecular complexity index is 922. The molecule has 3 rings (SSSR count). The minimum atomic E-state index is -4.49. The van der Waals surface area contributed by atoms with Crippen LogP contribution in [-0.4, -0.2) is 22.1 Å². The highest BCUT2D eigenvalue weighted by molar-refractivity contribution is 6.31. The van der Waals surface area contributed by atoms with Crippen LogP contribution in [0.4, 0.5) is 13.2 Å². The van der Waals surface area contributed by atoms with E-state index in [2.05, 4.69) is 15.0 Å². The van der Waals surface area contributed by atoms with Gasteiger partial charge in [0.25, 0.3) is 5.88 Å². The smallest absolute Gasteiger partial charge is 0.416 e. The lowest BCUT2D eigenvalue weighted by molar-refractivity contribution is -0.137. The van der Waals surface area contributed by atoms with Crippen LogP contribution in [0, 0.1) is 0 Å². The third-order valence-corrected chi connectivity index (χ3v) is 3.52. The first kappa shape index (κ1) is 21.4. The van der Waals surface area contributed by atoms with E-state index < -0.39 is 11.7 Å². The Morgan fingerprint density at radius 1 is 1.00 bits per heavy atom. The van der Waals surface area contributed by atoms with Gasteiger partial charge in [0.2, 0.25) is 5.75 Å². The van der Waals surface area contributed by atoms with Crippen LogP contribution in [0.5, 0.6) is 17.4 Å². The van der Waals surface area contributed by atoms with Gasteiger partial charge in [-0.1, -0.05) is 37.6 Å². The quantitative estimate of drug-likeness (QED) is 0.490. The van der Waals surface area contributed by atoms with Gasteiger partial charge in [0.1, 0.15) is 11.4 Å². The molecule has 0 spiro atoms. The van der Waals surface area contributed by atoms with Crippen LogP contribution in [-0.2, 0) is 6.18 Å². The largest absolute Gasteiger partial charge is 0.489 e. The Morgan fingerprint density at radius 2 is 1.75 bits per heavy atom. The van der Waals surface area contributed by atoms with Gasteiger partial charge in [0, 0.05) is 6.20 Å². The third kappa shape index (κ3) is 5.10. The number of hydrogen-bond acceptors (Lipinski definition) is 5. The van der Waals surface area contributed by atoms with Crippen molar-refractivity contribution in [1.82, 2.24) is 15.0 Å². The molecule has 0 radical (unpaired) electrons. The van der Waals surface area contributed by atoms with Gasteiger partial charge < -0.3 is 9.47 Å². The van der Waals surface area contributed by atoms with Crippen molar-refractivity contribution in [3.8, 4) is 28.9 Å². The van der Waals surface area contributed by atoms with E-state index in [4.69, 9.17) is 21.1 Å². The standard InChI is InChI=1S/C17H11ClF3N3O2.C2H6/c1-25-13-14(18)23-15(12-7-2-3-8-22-12)24-16(13)26-11-6-4-5-10(9-11)17(19,20)21;1-2/h2-9H,1H3;1-2H3. The molecule has 0 N–H and O–H groups in total. The summed E-state index contributed by atoms with van der Waals surface area (Å²) in [5, 5.41) is -0.0508. The summed E-state index contributed by atoms with van der Waals surface area (Å²) < 4.78 is 49.2.